The van der Waals surface area contributed by atoms with E-state index in [4.69, 9.17) is 0 Å². The first-order valence-corrected chi connectivity index (χ1v) is 11.2. The first-order valence-electron chi connectivity index (χ1n) is 7.07. The highest BCUT2D eigenvalue weighted by molar-refractivity contribution is 7.93. The van der Waals surface area contributed by atoms with Crippen LogP contribution in [0, 0.1) is 6.92 Å². The van der Waals surface area contributed by atoms with Crippen molar-refractivity contribution in [3.05, 3.63) is 52.9 Å². The van der Waals surface area contributed by atoms with Gasteiger partial charge in [0.15, 0.2) is 9.84 Å². The molecule has 1 aromatic heterocycles. The second kappa shape index (κ2) is 7.12. The summed E-state index contributed by atoms with van der Waals surface area (Å²) in [5.41, 5.74) is 1.58. The molecular weight excluding hydrogens is 354 g/mol. The summed E-state index contributed by atoms with van der Waals surface area (Å²) in [5.74, 6) is -0.0906. The lowest BCUT2D eigenvalue weighted by atomic mass is 10.1. The molecule has 8 heteroatoms. The number of hydrogen-bond acceptors (Lipinski definition) is 5. The minimum atomic E-state index is -3.66. The monoisotopic (exact) mass is 373 g/mol. The number of sulfone groups is 1. The Morgan fingerprint density at radius 2 is 1.74 bits per heavy atom. The Balaban J connectivity index is 2.41. The molecule has 0 aliphatic heterocycles. The molecule has 1 atom stereocenters. The summed E-state index contributed by atoms with van der Waals surface area (Å²) in [6.07, 6.45) is 0. The molecule has 0 bridgehead atoms. The summed E-state index contributed by atoms with van der Waals surface area (Å²) in [4.78, 5) is 0. The average Bonchev–Trinajstić information content (AvgIpc) is 3.04. The lowest BCUT2D eigenvalue weighted by molar-refractivity contribution is 0.570. The predicted octanol–water partition coefficient (Wildman–Crippen LogP) is 2.51. The molecule has 1 heterocycles. The lowest BCUT2D eigenvalue weighted by Gasteiger charge is -2.18. The van der Waals surface area contributed by atoms with E-state index in [9.17, 15) is 16.8 Å². The molecule has 0 amide bonds. The maximum atomic E-state index is 12.9. The first kappa shape index (κ1) is 18.1. The van der Waals surface area contributed by atoms with Crippen LogP contribution in [0.15, 0.2) is 46.0 Å². The average molecular weight is 374 g/mol. The van der Waals surface area contributed by atoms with E-state index >= 15 is 0 Å². The minimum absolute atomic E-state index is 0.0906. The molecule has 0 saturated carbocycles. The SMILES string of the molecule is CCS(=O)(=O)NC[C@H](c1ccc(C)cc1)S(=O)(=O)c1cccs1. The van der Waals surface area contributed by atoms with Crippen LogP contribution in [-0.4, -0.2) is 29.1 Å². The highest BCUT2D eigenvalue weighted by Crippen LogP contribution is 2.31. The van der Waals surface area contributed by atoms with Crippen molar-refractivity contribution < 1.29 is 16.8 Å². The molecule has 0 aliphatic carbocycles. The number of benzene rings is 1. The van der Waals surface area contributed by atoms with E-state index in [2.05, 4.69) is 4.72 Å². The van der Waals surface area contributed by atoms with Crippen molar-refractivity contribution in [1.82, 2.24) is 4.72 Å². The highest BCUT2D eigenvalue weighted by Gasteiger charge is 2.30. The molecule has 0 radical (unpaired) electrons. The fourth-order valence-electron chi connectivity index (χ4n) is 2.06. The number of sulfonamides is 1. The molecule has 1 N–H and O–H groups in total. The third-order valence-electron chi connectivity index (χ3n) is 3.47. The summed E-state index contributed by atoms with van der Waals surface area (Å²) >= 11 is 1.13. The standard InChI is InChI=1S/C15H19NO4S3/c1-3-22(17,18)16-11-14(13-8-6-12(2)7-9-13)23(19,20)15-5-4-10-21-15/h4-10,14,16H,3,11H2,1-2H3/t14-/m1/s1. The molecule has 0 aliphatic rings. The third-order valence-corrected chi connectivity index (χ3v) is 8.37. The second-order valence-corrected chi connectivity index (χ2v) is 10.5. The maximum absolute atomic E-state index is 12.9. The van der Waals surface area contributed by atoms with Gasteiger partial charge in [0.1, 0.15) is 9.46 Å². The van der Waals surface area contributed by atoms with E-state index in [0.29, 0.717) is 5.56 Å². The third kappa shape index (κ3) is 4.41. The van der Waals surface area contributed by atoms with Gasteiger partial charge in [0.2, 0.25) is 10.0 Å². The molecule has 0 fully saturated rings. The molecule has 1 aromatic carbocycles. The van der Waals surface area contributed by atoms with Crippen LogP contribution in [0.3, 0.4) is 0 Å². The van der Waals surface area contributed by atoms with E-state index in [1.54, 1.807) is 23.6 Å². The summed E-state index contributed by atoms with van der Waals surface area (Å²) in [7, 11) is -7.13. The number of hydrogen-bond donors (Lipinski definition) is 1. The Morgan fingerprint density at radius 3 is 2.26 bits per heavy atom. The van der Waals surface area contributed by atoms with Crippen molar-refractivity contribution in [1.29, 1.82) is 0 Å². The summed E-state index contributed by atoms with van der Waals surface area (Å²) in [5, 5.41) is 0.734. The van der Waals surface area contributed by atoms with E-state index in [-0.39, 0.29) is 16.5 Å². The Morgan fingerprint density at radius 1 is 1.09 bits per heavy atom. The van der Waals surface area contributed by atoms with Gasteiger partial charge >= 0.3 is 0 Å². The molecule has 5 nitrogen and oxygen atoms in total. The van der Waals surface area contributed by atoms with Gasteiger partial charge in [-0.2, -0.15) is 0 Å². The fourth-order valence-corrected chi connectivity index (χ4v) is 5.66. The van der Waals surface area contributed by atoms with Crippen LogP contribution >= 0.6 is 11.3 Å². The molecular formula is C15H19NO4S3. The summed E-state index contributed by atoms with van der Waals surface area (Å²) in [6, 6.07) is 10.3. The zero-order valence-corrected chi connectivity index (χ0v) is 15.3. The Kier molecular flexibility index (Phi) is 5.61. The van der Waals surface area contributed by atoms with Crippen LogP contribution in [0.2, 0.25) is 0 Å². The van der Waals surface area contributed by atoms with Gasteiger partial charge in [-0.05, 0) is 30.9 Å². The lowest BCUT2D eigenvalue weighted by Crippen LogP contribution is -2.32. The van der Waals surface area contributed by atoms with Crippen LogP contribution in [0.25, 0.3) is 0 Å². The topological polar surface area (TPSA) is 80.3 Å². The first-order chi connectivity index (χ1) is 10.8. The van der Waals surface area contributed by atoms with Crippen LogP contribution in [0.4, 0.5) is 0 Å². The smallest absolute Gasteiger partial charge is 0.211 e. The van der Waals surface area contributed by atoms with Crippen LogP contribution in [-0.2, 0) is 19.9 Å². The molecule has 126 valence electrons. The number of nitrogens with one attached hydrogen (secondary N) is 1. The zero-order chi connectivity index (χ0) is 17.1. The zero-order valence-electron chi connectivity index (χ0n) is 12.9. The van der Waals surface area contributed by atoms with E-state index in [1.807, 2.05) is 19.1 Å². The molecule has 2 rings (SSSR count). The van der Waals surface area contributed by atoms with E-state index in [0.717, 1.165) is 16.9 Å². The normalized spacial score (nSPS) is 13.8. The maximum Gasteiger partial charge on any atom is 0.211 e. The Bertz CT molecular complexity index is 839. The van der Waals surface area contributed by atoms with Crippen molar-refractivity contribution in [3.8, 4) is 0 Å². The summed E-state index contributed by atoms with van der Waals surface area (Å²) in [6.45, 7) is 3.24. The largest absolute Gasteiger partial charge is 0.222 e. The van der Waals surface area contributed by atoms with Gasteiger partial charge in [-0.15, -0.1) is 11.3 Å². The molecule has 0 unspecified atom stereocenters. The van der Waals surface area contributed by atoms with Crippen LogP contribution in [0.1, 0.15) is 23.3 Å². The predicted molar refractivity (Wildman–Crippen MR) is 92.9 cm³/mol. The van der Waals surface area contributed by atoms with Gasteiger partial charge in [0.25, 0.3) is 0 Å². The highest BCUT2D eigenvalue weighted by atomic mass is 32.2. The fraction of sp³-hybridized carbons (Fsp3) is 0.333. The van der Waals surface area contributed by atoms with Gasteiger partial charge < -0.3 is 0 Å². The van der Waals surface area contributed by atoms with E-state index < -0.39 is 25.1 Å². The number of rotatable bonds is 7. The quantitative estimate of drug-likeness (QED) is 0.809. The van der Waals surface area contributed by atoms with Crippen LogP contribution in [0.5, 0.6) is 0 Å². The van der Waals surface area contributed by atoms with Gasteiger partial charge in [-0.25, -0.2) is 21.6 Å². The molecule has 0 saturated heterocycles. The van der Waals surface area contributed by atoms with Gasteiger partial charge in [0, 0.05) is 6.54 Å². The molecule has 2 aromatic rings. The Hall–Kier alpha value is -1.22. The van der Waals surface area contributed by atoms with Gasteiger partial charge in [0.05, 0.1) is 5.75 Å². The summed E-state index contributed by atoms with van der Waals surface area (Å²) < 4.78 is 51.7. The van der Waals surface area contributed by atoms with Crippen molar-refractivity contribution in [2.24, 2.45) is 0 Å². The number of thiophene rings is 1. The van der Waals surface area contributed by atoms with Gasteiger partial charge in [-0.3, -0.25) is 0 Å². The van der Waals surface area contributed by atoms with E-state index in [1.165, 1.54) is 13.0 Å². The molecule has 23 heavy (non-hydrogen) atoms. The van der Waals surface area contributed by atoms with Crippen LogP contribution < -0.4 is 4.72 Å². The van der Waals surface area contributed by atoms with Gasteiger partial charge in [-0.1, -0.05) is 35.9 Å². The molecule has 0 spiro atoms. The minimum Gasteiger partial charge on any atom is -0.222 e. The second-order valence-electron chi connectivity index (χ2n) is 5.13. The van der Waals surface area contributed by atoms with Crippen molar-refractivity contribution in [3.63, 3.8) is 0 Å². The van der Waals surface area contributed by atoms with Crippen molar-refractivity contribution >= 4 is 31.2 Å². The van der Waals surface area contributed by atoms with Crippen molar-refractivity contribution in [2.75, 3.05) is 12.3 Å². The Labute approximate surface area is 141 Å². The van der Waals surface area contributed by atoms with Crippen molar-refractivity contribution in [2.45, 2.75) is 23.3 Å². The number of aryl methyl sites for hydroxylation is 1.